The SMILES string of the molecule is O=C(NCCCc1ccccc1)NCCC(O)C(=O)O. The number of hydrogen-bond acceptors (Lipinski definition) is 3. The van der Waals surface area contributed by atoms with Crippen LogP contribution >= 0.6 is 0 Å². The van der Waals surface area contributed by atoms with E-state index >= 15 is 0 Å². The highest BCUT2D eigenvalue weighted by Gasteiger charge is 2.12. The molecule has 0 saturated heterocycles. The summed E-state index contributed by atoms with van der Waals surface area (Å²) in [6, 6.07) is 9.63. The number of aliphatic hydroxyl groups is 1. The second-order valence-electron chi connectivity index (χ2n) is 4.41. The molecule has 110 valence electrons. The predicted octanol–water partition coefficient (Wildman–Crippen LogP) is 0.754. The number of carbonyl (C=O) groups is 2. The first-order valence-corrected chi connectivity index (χ1v) is 6.56. The Balaban J connectivity index is 2.04. The summed E-state index contributed by atoms with van der Waals surface area (Å²) in [6.07, 6.45) is 0.272. The molecule has 0 fully saturated rings. The maximum atomic E-state index is 11.4. The molecule has 0 aliphatic carbocycles. The molecule has 2 amide bonds. The lowest BCUT2D eigenvalue weighted by Crippen LogP contribution is -2.38. The monoisotopic (exact) mass is 280 g/mol. The van der Waals surface area contributed by atoms with Crippen molar-refractivity contribution in [3.63, 3.8) is 0 Å². The minimum atomic E-state index is -1.44. The second-order valence-corrected chi connectivity index (χ2v) is 4.41. The van der Waals surface area contributed by atoms with Gasteiger partial charge in [-0.3, -0.25) is 0 Å². The number of aliphatic carboxylic acids is 1. The van der Waals surface area contributed by atoms with Gasteiger partial charge in [0, 0.05) is 19.5 Å². The molecular weight excluding hydrogens is 260 g/mol. The number of aryl methyl sites for hydroxylation is 1. The van der Waals surface area contributed by atoms with Crippen molar-refractivity contribution in [1.82, 2.24) is 10.6 Å². The second kappa shape index (κ2) is 8.92. The van der Waals surface area contributed by atoms with E-state index in [1.165, 1.54) is 5.56 Å². The van der Waals surface area contributed by atoms with Crippen molar-refractivity contribution in [2.45, 2.75) is 25.4 Å². The van der Waals surface area contributed by atoms with Crippen LogP contribution in [-0.4, -0.2) is 41.4 Å². The van der Waals surface area contributed by atoms with E-state index in [1.807, 2.05) is 30.3 Å². The highest BCUT2D eigenvalue weighted by molar-refractivity contribution is 5.74. The molecule has 6 nitrogen and oxygen atoms in total. The standard InChI is InChI=1S/C14H20N2O4/c17-12(13(18)19)8-10-16-14(20)15-9-4-7-11-5-2-1-3-6-11/h1-3,5-6,12,17H,4,7-10H2,(H,18,19)(H2,15,16,20). The van der Waals surface area contributed by atoms with Gasteiger partial charge in [0.25, 0.3) is 0 Å². The molecule has 0 aliphatic heterocycles. The van der Waals surface area contributed by atoms with E-state index in [1.54, 1.807) is 0 Å². The average Bonchev–Trinajstić information content (AvgIpc) is 2.44. The van der Waals surface area contributed by atoms with Gasteiger partial charge in [0.15, 0.2) is 6.10 Å². The quantitative estimate of drug-likeness (QED) is 0.528. The number of aliphatic hydroxyl groups excluding tert-OH is 1. The van der Waals surface area contributed by atoms with Crippen molar-refractivity contribution in [1.29, 1.82) is 0 Å². The van der Waals surface area contributed by atoms with E-state index in [4.69, 9.17) is 10.2 Å². The first-order valence-electron chi connectivity index (χ1n) is 6.56. The fourth-order valence-corrected chi connectivity index (χ4v) is 1.65. The van der Waals surface area contributed by atoms with E-state index < -0.39 is 12.1 Å². The normalized spacial score (nSPS) is 11.7. The van der Waals surface area contributed by atoms with E-state index in [0.29, 0.717) is 6.54 Å². The summed E-state index contributed by atoms with van der Waals surface area (Å²) in [6.45, 7) is 0.667. The van der Waals surface area contributed by atoms with Crippen LogP contribution in [0.5, 0.6) is 0 Å². The zero-order chi connectivity index (χ0) is 14.8. The number of hydrogen-bond donors (Lipinski definition) is 4. The van der Waals surface area contributed by atoms with Gasteiger partial charge in [-0.05, 0) is 18.4 Å². The Hall–Kier alpha value is -2.08. The Morgan fingerprint density at radius 2 is 1.75 bits per heavy atom. The largest absolute Gasteiger partial charge is 0.479 e. The highest BCUT2D eigenvalue weighted by atomic mass is 16.4. The van der Waals surface area contributed by atoms with Crippen molar-refractivity contribution in [2.24, 2.45) is 0 Å². The molecule has 0 radical (unpaired) electrons. The van der Waals surface area contributed by atoms with E-state index in [0.717, 1.165) is 12.8 Å². The Labute approximate surface area is 117 Å². The van der Waals surface area contributed by atoms with Crippen LogP contribution in [0.3, 0.4) is 0 Å². The Morgan fingerprint density at radius 3 is 2.40 bits per heavy atom. The molecule has 1 rings (SSSR count). The molecule has 1 aromatic carbocycles. The van der Waals surface area contributed by atoms with Gasteiger partial charge >= 0.3 is 12.0 Å². The van der Waals surface area contributed by atoms with Crippen LogP contribution in [0.15, 0.2) is 30.3 Å². The summed E-state index contributed by atoms with van der Waals surface area (Å²) in [5.74, 6) is -1.28. The predicted molar refractivity (Wildman–Crippen MR) is 74.4 cm³/mol. The van der Waals surface area contributed by atoms with Gasteiger partial charge < -0.3 is 20.8 Å². The maximum Gasteiger partial charge on any atom is 0.332 e. The van der Waals surface area contributed by atoms with Gasteiger partial charge in [0.1, 0.15) is 0 Å². The van der Waals surface area contributed by atoms with Gasteiger partial charge in [0.05, 0.1) is 0 Å². The number of carbonyl (C=O) groups excluding carboxylic acids is 1. The summed E-state index contributed by atoms with van der Waals surface area (Å²) < 4.78 is 0. The molecule has 0 bridgehead atoms. The van der Waals surface area contributed by atoms with Crippen LogP contribution in [-0.2, 0) is 11.2 Å². The molecule has 1 aromatic rings. The van der Waals surface area contributed by atoms with Gasteiger partial charge in [0.2, 0.25) is 0 Å². The first kappa shape index (κ1) is 16.0. The number of carboxylic acid groups (broad SMARTS) is 1. The number of urea groups is 1. The topological polar surface area (TPSA) is 98.7 Å². The zero-order valence-corrected chi connectivity index (χ0v) is 11.2. The zero-order valence-electron chi connectivity index (χ0n) is 11.2. The molecule has 1 atom stereocenters. The molecular formula is C14H20N2O4. The molecule has 20 heavy (non-hydrogen) atoms. The Kier molecular flexibility index (Phi) is 7.13. The van der Waals surface area contributed by atoms with Gasteiger partial charge in [-0.1, -0.05) is 30.3 Å². The third-order valence-electron chi connectivity index (χ3n) is 2.76. The fraction of sp³-hybridized carbons (Fsp3) is 0.429. The maximum absolute atomic E-state index is 11.4. The van der Waals surface area contributed by atoms with Crippen LogP contribution < -0.4 is 10.6 Å². The molecule has 0 aliphatic rings. The van der Waals surface area contributed by atoms with E-state index in [2.05, 4.69) is 10.6 Å². The Bertz CT molecular complexity index is 422. The van der Waals surface area contributed by atoms with Gasteiger partial charge in [-0.15, -0.1) is 0 Å². The third-order valence-corrected chi connectivity index (χ3v) is 2.76. The Morgan fingerprint density at radius 1 is 1.10 bits per heavy atom. The lowest BCUT2D eigenvalue weighted by atomic mass is 10.1. The smallest absolute Gasteiger partial charge is 0.332 e. The van der Waals surface area contributed by atoms with Crippen molar-refractivity contribution < 1.29 is 19.8 Å². The molecule has 0 spiro atoms. The van der Waals surface area contributed by atoms with Gasteiger partial charge in [-0.25, -0.2) is 9.59 Å². The third kappa shape index (κ3) is 6.75. The molecule has 0 aromatic heterocycles. The fourth-order valence-electron chi connectivity index (χ4n) is 1.65. The van der Waals surface area contributed by atoms with Crippen LogP contribution in [0.25, 0.3) is 0 Å². The van der Waals surface area contributed by atoms with Gasteiger partial charge in [-0.2, -0.15) is 0 Å². The minimum Gasteiger partial charge on any atom is -0.479 e. The first-order chi connectivity index (χ1) is 9.59. The number of rotatable bonds is 8. The van der Waals surface area contributed by atoms with Crippen molar-refractivity contribution >= 4 is 12.0 Å². The van der Waals surface area contributed by atoms with Crippen LogP contribution in [0, 0.1) is 0 Å². The van der Waals surface area contributed by atoms with Crippen molar-refractivity contribution in [3.05, 3.63) is 35.9 Å². The average molecular weight is 280 g/mol. The summed E-state index contributed by atoms with van der Waals surface area (Å²) in [5, 5.41) is 22.6. The highest BCUT2D eigenvalue weighted by Crippen LogP contribution is 2.01. The molecule has 6 heteroatoms. The molecule has 4 N–H and O–H groups in total. The van der Waals surface area contributed by atoms with E-state index in [-0.39, 0.29) is 19.0 Å². The molecule has 0 heterocycles. The lowest BCUT2D eigenvalue weighted by molar-refractivity contribution is -0.146. The van der Waals surface area contributed by atoms with Crippen LogP contribution in [0.2, 0.25) is 0 Å². The van der Waals surface area contributed by atoms with Crippen molar-refractivity contribution in [2.75, 3.05) is 13.1 Å². The number of carboxylic acids is 1. The van der Waals surface area contributed by atoms with Crippen molar-refractivity contribution in [3.8, 4) is 0 Å². The number of benzene rings is 1. The number of nitrogens with one attached hydrogen (secondary N) is 2. The summed E-state index contributed by atoms with van der Waals surface area (Å²) in [5.41, 5.74) is 1.22. The number of amides is 2. The minimum absolute atomic E-state index is 0.00717. The lowest BCUT2D eigenvalue weighted by Gasteiger charge is -2.09. The van der Waals surface area contributed by atoms with E-state index in [9.17, 15) is 9.59 Å². The van der Waals surface area contributed by atoms with Crippen LogP contribution in [0.4, 0.5) is 4.79 Å². The van der Waals surface area contributed by atoms with Crippen LogP contribution in [0.1, 0.15) is 18.4 Å². The summed E-state index contributed by atoms with van der Waals surface area (Å²) in [7, 11) is 0. The molecule has 0 saturated carbocycles. The summed E-state index contributed by atoms with van der Waals surface area (Å²) in [4.78, 5) is 21.7. The molecule has 1 unspecified atom stereocenters. The summed E-state index contributed by atoms with van der Waals surface area (Å²) >= 11 is 0.